The van der Waals surface area contributed by atoms with Crippen LogP contribution in [-0.4, -0.2) is 9.38 Å². The lowest BCUT2D eigenvalue weighted by Gasteiger charge is -2.15. The van der Waals surface area contributed by atoms with Crippen molar-refractivity contribution in [3.8, 4) is 11.3 Å². The zero-order valence-electron chi connectivity index (χ0n) is 18.9. The lowest BCUT2D eigenvalue weighted by molar-refractivity contribution is 1.19. The highest BCUT2D eigenvalue weighted by atomic mass is 15.0. The fraction of sp³-hybridized carbons (Fsp3) is 0. The van der Waals surface area contributed by atoms with Crippen LogP contribution in [0.15, 0.2) is 122 Å². The molecule has 8 aromatic rings. The Morgan fingerprint density at radius 3 is 1.77 bits per heavy atom. The van der Waals surface area contributed by atoms with Gasteiger partial charge in [0.15, 0.2) is 0 Å². The van der Waals surface area contributed by atoms with Crippen molar-refractivity contribution >= 4 is 59.5 Å². The average molecular weight is 445 g/mol. The van der Waals surface area contributed by atoms with Gasteiger partial charge in [0.05, 0.1) is 5.69 Å². The zero-order chi connectivity index (χ0) is 22.9. The molecule has 0 aliphatic rings. The monoisotopic (exact) mass is 444 g/mol. The number of fused-ring (bicyclic) bond motifs is 6. The molecule has 0 fully saturated rings. The first kappa shape index (κ1) is 18.7. The first-order chi connectivity index (χ1) is 17.4. The van der Waals surface area contributed by atoms with Crippen molar-refractivity contribution in [2.75, 3.05) is 0 Å². The predicted molar refractivity (Wildman–Crippen MR) is 148 cm³/mol. The maximum Gasteiger partial charge on any atom is 0.137 e. The van der Waals surface area contributed by atoms with Crippen molar-refractivity contribution < 1.29 is 0 Å². The Balaban J connectivity index is 1.72. The van der Waals surface area contributed by atoms with E-state index in [0.29, 0.717) is 0 Å². The third kappa shape index (κ3) is 2.57. The van der Waals surface area contributed by atoms with E-state index in [1.165, 1.54) is 53.9 Å². The summed E-state index contributed by atoms with van der Waals surface area (Å²) in [5.74, 6) is 0. The summed E-state index contributed by atoms with van der Waals surface area (Å²) in [4.78, 5) is 5.01. The number of pyridine rings is 1. The number of aromatic nitrogens is 2. The average Bonchev–Trinajstić information content (AvgIpc) is 3.35. The van der Waals surface area contributed by atoms with E-state index in [4.69, 9.17) is 4.98 Å². The summed E-state index contributed by atoms with van der Waals surface area (Å²) in [6.07, 6.45) is 4.20. The van der Waals surface area contributed by atoms with E-state index in [-0.39, 0.29) is 0 Å². The van der Waals surface area contributed by atoms with Crippen LogP contribution < -0.4 is 0 Å². The summed E-state index contributed by atoms with van der Waals surface area (Å²) in [5, 5.41) is 12.8. The van der Waals surface area contributed by atoms with Crippen molar-refractivity contribution in [2.24, 2.45) is 0 Å². The molecule has 0 atom stereocenters. The Kier molecular flexibility index (Phi) is 3.69. The van der Waals surface area contributed by atoms with E-state index in [0.717, 1.165) is 16.9 Å². The second kappa shape index (κ2) is 6.91. The molecule has 0 N–H and O–H groups in total. The number of benzene rings is 5. The van der Waals surface area contributed by atoms with Crippen LogP contribution in [0, 0.1) is 0 Å². The van der Waals surface area contributed by atoms with Crippen LogP contribution in [0.3, 0.4) is 0 Å². The standard InChI is InChI=1S/C33H20N2/c1-2-11-25-23(10-1)24-12-5-8-21-17-18-22-9-6-13-26(32(22)31(21)24)27-14-7-15-28(33(25)27)29-20-35-19-4-3-16-30(35)34-29/h1-20H. The van der Waals surface area contributed by atoms with Crippen molar-refractivity contribution in [3.05, 3.63) is 122 Å². The predicted octanol–water partition coefficient (Wildman–Crippen LogP) is 8.77. The zero-order valence-corrected chi connectivity index (χ0v) is 18.9. The molecule has 0 amide bonds. The molecule has 0 aliphatic carbocycles. The van der Waals surface area contributed by atoms with Gasteiger partial charge in [0.25, 0.3) is 0 Å². The fourth-order valence-corrected chi connectivity index (χ4v) is 5.89. The Hall–Kier alpha value is -4.69. The second-order valence-corrected chi connectivity index (χ2v) is 9.24. The minimum Gasteiger partial charge on any atom is -0.306 e. The van der Waals surface area contributed by atoms with Crippen LogP contribution in [0.1, 0.15) is 0 Å². The largest absolute Gasteiger partial charge is 0.306 e. The topological polar surface area (TPSA) is 17.3 Å². The Labute approximate surface area is 201 Å². The van der Waals surface area contributed by atoms with E-state index in [1.807, 2.05) is 12.1 Å². The summed E-state index contributed by atoms with van der Waals surface area (Å²) in [6, 6.07) is 39.5. The van der Waals surface area contributed by atoms with Crippen LogP contribution in [0.5, 0.6) is 0 Å². The third-order valence-corrected chi connectivity index (χ3v) is 7.37. The summed E-state index contributed by atoms with van der Waals surface area (Å²) in [5.41, 5.74) is 3.10. The van der Waals surface area contributed by atoms with Crippen LogP contribution in [0.4, 0.5) is 0 Å². The summed E-state index contributed by atoms with van der Waals surface area (Å²) >= 11 is 0. The second-order valence-electron chi connectivity index (χ2n) is 9.24. The van der Waals surface area contributed by atoms with Gasteiger partial charge in [-0.25, -0.2) is 4.98 Å². The Bertz CT molecular complexity index is 2080. The molecule has 8 rings (SSSR count). The summed E-state index contributed by atoms with van der Waals surface area (Å²) in [7, 11) is 0. The molecule has 2 nitrogen and oxygen atoms in total. The van der Waals surface area contributed by atoms with Gasteiger partial charge < -0.3 is 4.40 Å². The highest BCUT2D eigenvalue weighted by Crippen LogP contribution is 2.42. The maximum absolute atomic E-state index is 5.01. The smallest absolute Gasteiger partial charge is 0.137 e. The molecule has 0 saturated heterocycles. The van der Waals surface area contributed by atoms with Gasteiger partial charge in [0.2, 0.25) is 0 Å². The molecule has 2 heteroatoms. The molecule has 0 saturated carbocycles. The van der Waals surface area contributed by atoms with E-state index < -0.39 is 0 Å². The fourth-order valence-electron chi connectivity index (χ4n) is 5.89. The minimum atomic E-state index is 0.955. The minimum absolute atomic E-state index is 0.955. The van der Waals surface area contributed by atoms with Crippen molar-refractivity contribution in [2.45, 2.75) is 0 Å². The summed E-state index contributed by atoms with van der Waals surface area (Å²) in [6.45, 7) is 0. The van der Waals surface area contributed by atoms with Gasteiger partial charge in [-0.1, -0.05) is 97.1 Å². The first-order valence-corrected chi connectivity index (χ1v) is 12.0. The van der Waals surface area contributed by atoms with Gasteiger partial charge in [-0.2, -0.15) is 0 Å². The van der Waals surface area contributed by atoms with Gasteiger partial charge in [-0.3, -0.25) is 0 Å². The van der Waals surface area contributed by atoms with Crippen LogP contribution >= 0.6 is 0 Å². The highest BCUT2D eigenvalue weighted by molar-refractivity contribution is 6.33. The molecule has 162 valence electrons. The molecule has 2 heterocycles. The number of imidazole rings is 1. The molecule has 0 bridgehead atoms. The van der Waals surface area contributed by atoms with Crippen molar-refractivity contribution in [1.82, 2.24) is 9.38 Å². The number of nitrogens with zero attached hydrogens (tertiary/aromatic N) is 2. The van der Waals surface area contributed by atoms with Crippen LogP contribution in [0.2, 0.25) is 0 Å². The van der Waals surface area contributed by atoms with Crippen molar-refractivity contribution in [3.63, 3.8) is 0 Å². The Morgan fingerprint density at radius 2 is 1.03 bits per heavy atom. The number of rotatable bonds is 1. The van der Waals surface area contributed by atoms with Gasteiger partial charge in [-0.15, -0.1) is 0 Å². The SMILES string of the molecule is c1ccc2c(c1)c1cccc3ccc4cccc(c5cccc(-c6cn7ccccc7n6)c25)c4c31. The van der Waals surface area contributed by atoms with E-state index >= 15 is 0 Å². The van der Waals surface area contributed by atoms with Gasteiger partial charge in [0.1, 0.15) is 5.65 Å². The van der Waals surface area contributed by atoms with Gasteiger partial charge in [0, 0.05) is 18.0 Å². The third-order valence-electron chi connectivity index (χ3n) is 7.37. The van der Waals surface area contributed by atoms with Gasteiger partial charge >= 0.3 is 0 Å². The van der Waals surface area contributed by atoms with Crippen LogP contribution in [-0.2, 0) is 0 Å². The lowest BCUT2D eigenvalue weighted by Crippen LogP contribution is -1.88. The molecule has 2 aromatic heterocycles. The quantitative estimate of drug-likeness (QED) is 0.231. The maximum atomic E-state index is 5.01. The molecular formula is C33H20N2. The van der Waals surface area contributed by atoms with Gasteiger partial charge in [-0.05, 0) is 66.0 Å². The molecule has 0 unspecified atom stereocenters. The molecule has 6 aromatic carbocycles. The molecular weight excluding hydrogens is 424 g/mol. The molecule has 0 aliphatic heterocycles. The van der Waals surface area contributed by atoms with Crippen LogP contribution in [0.25, 0.3) is 70.8 Å². The summed E-state index contributed by atoms with van der Waals surface area (Å²) < 4.78 is 2.10. The number of hydrogen-bond acceptors (Lipinski definition) is 1. The van der Waals surface area contributed by atoms with Crippen molar-refractivity contribution in [1.29, 1.82) is 0 Å². The number of hydrogen-bond donors (Lipinski definition) is 0. The normalized spacial score (nSPS) is 12.0. The molecule has 0 spiro atoms. The highest BCUT2D eigenvalue weighted by Gasteiger charge is 2.15. The van der Waals surface area contributed by atoms with E-state index in [1.54, 1.807) is 0 Å². The van der Waals surface area contributed by atoms with E-state index in [2.05, 4.69) is 114 Å². The van der Waals surface area contributed by atoms with E-state index in [9.17, 15) is 0 Å². The lowest BCUT2D eigenvalue weighted by atomic mass is 9.89. The molecule has 0 radical (unpaired) electrons. The molecule has 35 heavy (non-hydrogen) atoms. The first-order valence-electron chi connectivity index (χ1n) is 12.0. The Morgan fingerprint density at radius 1 is 0.457 bits per heavy atom.